The number of nitrogens with zero attached hydrogens (tertiary/aromatic N) is 2. The molecule has 1 aromatic heterocycles. The van der Waals surface area contributed by atoms with E-state index in [0.29, 0.717) is 13.2 Å². The minimum absolute atomic E-state index is 0.0967. The van der Waals surface area contributed by atoms with Crippen LogP contribution in [0.4, 0.5) is 0 Å². The Hall–Kier alpha value is -1.40. The fourth-order valence-electron chi connectivity index (χ4n) is 0.971. The number of aliphatic hydroxyl groups is 1. The van der Waals surface area contributed by atoms with Gasteiger partial charge in [-0.25, -0.2) is 9.13 Å². The molecular formula is C10H18N2O4. The molecule has 1 aromatic rings. The Morgan fingerprint density at radius 3 is 2.62 bits per heavy atom. The van der Waals surface area contributed by atoms with Gasteiger partial charge in [0.15, 0.2) is 0 Å². The maximum atomic E-state index is 8.89. The Morgan fingerprint density at radius 1 is 1.56 bits per heavy atom. The lowest BCUT2D eigenvalue weighted by atomic mass is 10.6. The zero-order valence-corrected chi connectivity index (χ0v) is 9.63. The maximum Gasteiger partial charge on any atom is 0.243 e. The average Bonchev–Trinajstić information content (AvgIpc) is 2.58. The van der Waals surface area contributed by atoms with E-state index in [1.54, 1.807) is 0 Å². The van der Waals surface area contributed by atoms with Crippen LogP contribution in [0, 0.1) is 0 Å². The van der Waals surface area contributed by atoms with E-state index in [2.05, 4.69) is 0 Å². The topological polar surface area (TPSA) is 78.4 Å². The Balaban J connectivity index is 0.000000487. The van der Waals surface area contributed by atoms with Crippen molar-refractivity contribution < 1.29 is 24.3 Å². The molecule has 0 aliphatic heterocycles. The molecule has 0 aromatic carbocycles. The Bertz CT molecular complexity index is 295. The van der Waals surface area contributed by atoms with Crippen molar-refractivity contribution in [3.63, 3.8) is 0 Å². The summed E-state index contributed by atoms with van der Waals surface area (Å²) in [5.74, 6) is -1.08. The first-order valence-electron chi connectivity index (χ1n) is 4.93. The van der Waals surface area contributed by atoms with Crippen molar-refractivity contribution in [3.8, 4) is 0 Å². The number of hydrogen-bond acceptors (Lipinski definition) is 4. The molecule has 0 radical (unpaired) electrons. The highest BCUT2D eigenvalue weighted by Gasteiger charge is 1.98. The minimum Gasteiger partial charge on any atom is -0.550 e. The summed E-state index contributed by atoms with van der Waals surface area (Å²) in [6.07, 6.45) is 5.96. The van der Waals surface area contributed by atoms with Crippen molar-refractivity contribution in [2.75, 3.05) is 19.8 Å². The summed E-state index contributed by atoms with van der Waals surface area (Å²) >= 11 is 0. The van der Waals surface area contributed by atoms with Crippen molar-refractivity contribution in [2.24, 2.45) is 7.05 Å². The van der Waals surface area contributed by atoms with E-state index in [0.717, 1.165) is 13.5 Å². The summed E-state index contributed by atoms with van der Waals surface area (Å²) in [4.78, 5) is 8.89. The Labute approximate surface area is 94.7 Å². The number of imidazole rings is 1. The summed E-state index contributed by atoms with van der Waals surface area (Å²) in [7, 11) is 1.98. The highest BCUT2D eigenvalue weighted by Crippen LogP contribution is 1.84. The summed E-state index contributed by atoms with van der Waals surface area (Å²) in [5.41, 5.74) is 0. The average molecular weight is 230 g/mol. The van der Waals surface area contributed by atoms with Gasteiger partial charge in [0.1, 0.15) is 18.9 Å². The van der Waals surface area contributed by atoms with E-state index in [1.807, 2.05) is 34.9 Å². The number of aromatic nitrogens is 2. The zero-order chi connectivity index (χ0) is 12.4. The molecule has 0 atom stereocenters. The number of carboxylic acid groups (broad SMARTS) is 1. The number of aliphatic hydroxyl groups excluding tert-OH is 1. The summed E-state index contributed by atoms with van der Waals surface area (Å²) in [6, 6.07) is 0. The van der Waals surface area contributed by atoms with Crippen molar-refractivity contribution in [3.05, 3.63) is 18.7 Å². The summed E-state index contributed by atoms with van der Waals surface area (Å²) < 4.78 is 9.13. The first kappa shape index (κ1) is 14.6. The highest BCUT2D eigenvalue weighted by molar-refractivity contribution is 5.60. The van der Waals surface area contributed by atoms with E-state index >= 15 is 0 Å². The number of rotatable bonds is 5. The van der Waals surface area contributed by atoms with E-state index in [-0.39, 0.29) is 6.61 Å². The highest BCUT2D eigenvalue weighted by atomic mass is 16.5. The molecule has 1 rings (SSSR count). The molecule has 6 heteroatoms. The molecule has 0 aliphatic rings. The van der Waals surface area contributed by atoms with Crippen LogP contribution in [0.3, 0.4) is 0 Å². The van der Waals surface area contributed by atoms with Gasteiger partial charge >= 0.3 is 0 Å². The predicted octanol–water partition coefficient (Wildman–Crippen LogP) is -1.92. The van der Waals surface area contributed by atoms with Gasteiger partial charge in [0.2, 0.25) is 6.33 Å². The van der Waals surface area contributed by atoms with E-state index in [4.69, 9.17) is 19.7 Å². The fraction of sp³-hybridized carbons (Fsp3) is 0.600. The minimum atomic E-state index is -1.08. The molecule has 0 aliphatic carbocycles. The normalized spacial score (nSPS) is 9.44. The summed E-state index contributed by atoms with van der Waals surface area (Å²) in [5, 5.41) is 17.3. The smallest absolute Gasteiger partial charge is 0.243 e. The zero-order valence-electron chi connectivity index (χ0n) is 9.63. The van der Waals surface area contributed by atoms with Gasteiger partial charge < -0.3 is 19.7 Å². The fourth-order valence-corrected chi connectivity index (χ4v) is 0.971. The van der Waals surface area contributed by atoms with Gasteiger partial charge in [-0.2, -0.15) is 0 Å². The van der Waals surface area contributed by atoms with Crippen LogP contribution in [0.2, 0.25) is 0 Å². The Kier molecular flexibility index (Phi) is 8.10. The SMILES string of the molecule is CC(=O)[O-].C[n+]1ccn(CCOCCO)c1. The van der Waals surface area contributed by atoms with Crippen molar-refractivity contribution >= 4 is 5.97 Å². The number of ether oxygens (including phenoxy) is 1. The maximum absolute atomic E-state index is 8.89. The molecule has 16 heavy (non-hydrogen) atoms. The Morgan fingerprint density at radius 2 is 2.19 bits per heavy atom. The van der Waals surface area contributed by atoms with Crippen LogP contribution in [0.5, 0.6) is 0 Å². The molecule has 0 bridgehead atoms. The van der Waals surface area contributed by atoms with E-state index < -0.39 is 5.97 Å². The monoisotopic (exact) mass is 230 g/mol. The van der Waals surface area contributed by atoms with Crippen LogP contribution in [0.25, 0.3) is 0 Å². The number of hydrogen-bond donors (Lipinski definition) is 1. The molecule has 0 amide bonds. The molecule has 1 heterocycles. The second-order valence-corrected chi connectivity index (χ2v) is 3.14. The molecule has 0 unspecified atom stereocenters. The molecular weight excluding hydrogens is 212 g/mol. The number of carboxylic acids is 1. The quantitative estimate of drug-likeness (QED) is 0.472. The summed E-state index contributed by atoms with van der Waals surface area (Å²) in [6.45, 7) is 2.98. The first-order chi connectivity index (χ1) is 7.56. The number of carbonyl (C=O) groups excluding carboxylic acids is 1. The third kappa shape index (κ3) is 9.17. The largest absolute Gasteiger partial charge is 0.550 e. The van der Waals surface area contributed by atoms with Gasteiger partial charge in [0.25, 0.3) is 0 Å². The lowest BCUT2D eigenvalue weighted by Crippen LogP contribution is -2.24. The molecule has 0 saturated carbocycles. The second kappa shape index (κ2) is 8.87. The van der Waals surface area contributed by atoms with Crippen molar-refractivity contribution in [1.29, 1.82) is 0 Å². The first-order valence-corrected chi connectivity index (χ1v) is 4.93. The molecule has 1 N–H and O–H groups in total. The van der Waals surface area contributed by atoms with Gasteiger partial charge in [-0.05, 0) is 6.92 Å². The van der Waals surface area contributed by atoms with Crippen LogP contribution in [-0.4, -0.2) is 35.5 Å². The van der Waals surface area contributed by atoms with Gasteiger partial charge in [-0.1, -0.05) is 0 Å². The van der Waals surface area contributed by atoms with Crippen molar-refractivity contribution in [2.45, 2.75) is 13.5 Å². The molecule has 0 saturated heterocycles. The van der Waals surface area contributed by atoms with Crippen LogP contribution in [0.1, 0.15) is 6.92 Å². The van der Waals surface area contributed by atoms with Crippen LogP contribution in [-0.2, 0) is 23.1 Å². The third-order valence-corrected chi connectivity index (χ3v) is 1.55. The van der Waals surface area contributed by atoms with Crippen LogP contribution < -0.4 is 9.67 Å². The number of aliphatic carboxylic acids is 1. The van der Waals surface area contributed by atoms with Gasteiger partial charge in [0, 0.05) is 5.97 Å². The lowest BCUT2D eigenvalue weighted by Gasteiger charge is -1.98. The van der Waals surface area contributed by atoms with E-state index in [1.165, 1.54) is 0 Å². The van der Waals surface area contributed by atoms with Crippen LogP contribution >= 0.6 is 0 Å². The molecule has 6 nitrogen and oxygen atoms in total. The number of carbonyl (C=O) groups is 1. The molecule has 0 spiro atoms. The number of aryl methyl sites for hydroxylation is 1. The van der Waals surface area contributed by atoms with Gasteiger partial charge in [-0.3, -0.25) is 0 Å². The second-order valence-electron chi connectivity index (χ2n) is 3.14. The standard InChI is InChI=1S/C8H15N2O2.C2H4O2/c1-9-2-3-10(8-9)4-6-12-7-5-11;1-2(3)4/h2-3,8,11H,4-7H2,1H3;1H3,(H,3,4)/q+1;/p-1. The van der Waals surface area contributed by atoms with Gasteiger partial charge in [-0.15, -0.1) is 0 Å². The van der Waals surface area contributed by atoms with Crippen LogP contribution in [0.15, 0.2) is 18.7 Å². The lowest BCUT2D eigenvalue weighted by molar-refractivity contribution is -0.671. The molecule has 92 valence electrons. The molecule has 0 fully saturated rings. The predicted molar refractivity (Wildman–Crippen MR) is 54.2 cm³/mol. The van der Waals surface area contributed by atoms with E-state index in [9.17, 15) is 0 Å². The van der Waals surface area contributed by atoms with Gasteiger partial charge in [0.05, 0.1) is 26.9 Å². The van der Waals surface area contributed by atoms with Crippen molar-refractivity contribution in [1.82, 2.24) is 4.57 Å². The third-order valence-electron chi connectivity index (χ3n) is 1.55.